The molecule has 21 heavy (non-hydrogen) atoms. The maximum atomic E-state index is 11.2. The zero-order valence-corrected chi connectivity index (χ0v) is 13.5. The van der Waals surface area contributed by atoms with E-state index in [-0.39, 0.29) is 19.2 Å². The second-order valence-corrected chi connectivity index (χ2v) is 5.96. The zero-order chi connectivity index (χ0) is 15.3. The Morgan fingerprint density at radius 2 is 1.62 bits per heavy atom. The van der Waals surface area contributed by atoms with Crippen LogP contribution in [0.2, 0.25) is 0 Å². The molecular weight excluding hydrogens is 268 g/mol. The largest absolute Gasteiger partial charge is 0.463 e. The minimum absolute atomic E-state index is 0.0905. The molecule has 1 heterocycles. The van der Waals surface area contributed by atoms with Crippen molar-refractivity contribution in [2.24, 2.45) is 0 Å². The lowest BCUT2D eigenvalue weighted by Crippen LogP contribution is -2.07. The van der Waals surface area contributed by atoms with Crippen molar-refractivity contribution >= 4 is 5.97 Å². The lowest BCUT2D eigenvalue weighted by Gasteiger charge is -2.02. The third-order valence-corrected chi connectivity index (χ3v) is 4.00. The SMILES string of the molecule is CCCCCCC1OC1CCCCCCC(=O)OCCO. The maximum absolute atomic E-state index is 11.2. The Morgan fingerprint density at radius 1 is 1.00 bits per heavy atom. The summed E-state index contributed by atoms with van der Waals surface area (Å²) < 4.78 is 10.5. The fraction of sp³-hybridized carbons (Fsp3) is 0.941. The van der Waals surface area contributed by atoms with Crippen molar-refractivity contribution in [1.29, 1.82) is 0 Å². The standard InChI is InChI=1S/C17H32O4/c1-2-3-4-7-10-15-16(21-15)11-8-5-6-9-12-17(19)20-14-13-18/h15-16,18H,2-14H2,1H3. The third-order valence-electron chi connectivity index (χ3n) is 4.00. The first-order chi connectivity index (χ1) is 10.3. The molecule has 4 heteroatoms. The Morgan fingerprint density at radius 3 is 2.24 bits per heavy atom. The van der Waals surface area contributed by atoms with Gasteiger partial charge in [0.2, 0.25) is 0 Å². The highest BCUT2D eigenvalue weighted by atomic mass is 16.6. The number of aliphatic hydroxyl groups excluding tert-OH is 1. The number of ether oxygens (including phenoxy) is 2. The van der Waals surface area contributed by atoms with E-state index in [9.17, 15) is 4.79 Å². The van der Waals surface area contributed by atoms with Gasteiger partial charge in [-0.15, -0.1) is 0 Å². The number of hydrogen-bond acceptors (Lipinski definition) is 4. The number of hydrogen-bond donors (Lipinski definition) is 1. The topological polar surface area (TPSA) is 59.1 Å². The molecule has 0 amide bonds. The molecule has 1 saturated heterocycles. The molecular formula is C17H32O4. The van der Waals surface area contributed by atoms with Crippen molar-refractivity contribution in [3.05, 3.63) is 0 Å². The summed E-state index contributed by atoms with van der Waals surface area (Å²) in [5.74, 6) is -0.193. The van der Waals surface area contributed by atoms with Crippen LogP contribution in [0.25, 0.3) is 0 Å². The zero-order valence-electron chi connectivity index (χ0n) is 13.5. The molecule has 1 rings (SSSR count). The van der Waals surface area contributed by atoms with Crippen LogP contribution in [0, 0.1) is 0 Å². The van der Waals surface area contributed by atoms with Crippen LogP contribution in [0.15, 0.2) is 0 Å². The van der Waals surface area contributed by atoms with Gasteiger partial charge in [0, 0.05) is 6.42 Å². The number of rotatable bonds is 14. The quantitative estimate of drug-likeness (QED) is 0.302. The molecule has 2 unspecified atom stereocenters. The number of aliphatic hydroxyl groups is 1. The minimum atomic E-state index is -0.193. The van der Waals surface area contributed by atoms with Crippen molar-refractivity contribution in [2.75, 3.05) is 13.2 Å². The van der Waals surface area contributed by atoms with Gasteiger partial charge >= 0.3 is 5.97 Å². The summed E-state index contributed by atoms with van der Waals surface area (Å²) in [5, 5.41) is 8.53. The summed E-state index contributed by atoms with van der Waals surface area (Å²) in [5.41, 5.74) is 0. The molecule has 0 aromatic heterocycles. The molecule has 0 bridgehead atoms. The van der Waals surface area contributed by atoms with E-state index in [4.69, 9.17) is 14.6 Å². The summed E-state index contributed by atoms with van der Waals surface area (Å²) in [6.45, 7) is 2.27. The van der Waals surface area contributed by atoms with Crippen molar-refractivity contribution in [3.8, 4) is 0 Å². The Bertz CT molecular complexity index is 268. The van der Waals surface area contributed by atoms with Crippen LogP contribution >= 0.6 is 0 Å². The normalized spacial score (nSPS) is 20.5. The fourth-order valence-electron chi connectivity index (χ4n) is 2.66. The van der Waals surface area contributed by atoms with Gasteiger partial charge in [-0.1, -0.05) is 51.9 Å². The van der Waals surface area contributed by atoms with E-state index in [0.717, 1.165) is 19.3 Å². The van der Waals surface area contributed by atoms with Crippen LogP contribution in [0.5, 0.6) is 0 Å². The van der Waals surface area contributed by atoms with Gasteiger partial charge in [-0.25, -0.2) is 0 Å². The highest BCUT2D eigenvalue weighted by molar-refractivity contribution is 5.69. The van der Waals surface area contributed by atoms with Gasteiger partial charge in [0.05, 0.1) is 18.8 Å². The molecule has 0 aromatic rings. The molecule has 4 nitrogen and oxygen atoms in total. The van der Waals surface area contributed by atoms with Gasteiger partial charge in [-0.3, -0.25) is 4.79 Å². The average Bonchev–Trinajstić information content (AvgIpc) is 3.23. The Balaban J connectivity index is 1.80. The average molecular weight is 300 g/mol. The van der Waals surface area contributed by atoms with Gasteiger partial charge in [0.15, 0.2) is 0 Å². The molecule has 1 fully saturated rings. The first-order valence-corrected chi connectivity index (χ1v) is 8.70. The van der Waals surface area contributed by atoms with Crippen LogP contribution in [0.3, 0.4) is 0 Å². The lowest BCUT2D eigenvalue weighted by molar-refractivity contribution is -0.144. The molecule has 2 atom stereocenters. The number of carbonyl (C=O) groups is 1. The minimum Gasteiger partial charge on any atom is -0.463 e. The van der Waals surface area contributed by atoms with Gasteiger partial charge in [-0.2, -0.15) is 0 Å². The monoisotopic (exact) mass is 300 g/mol. The molecule has 1 N–H and O–H groups in total. The van der Waals surface area contributed by atoms with Gasteiger partial charge in [-0.05, 0) is 19.3 Å². The summed E-state index contributed by atoms with van der Waals surface area (Å²) in [6, 6.07) is 0. The lowest BCUT2D eigenvalue weighted by atomic mass is 10.0. The second-order valence-electron chi connectivity index (χ2n) is 5.96. The van der Waals surface area contributed by atoms with Crippen molar-refractivity contribution in [3.63, 3.8) is 0 Å². The molecule has 0 spiro atoms. The molecule has 0 aromatic carbocycles. The van der Waals surface area contributed by atoms with E-state index in [2.05, 4.69) is 6.92 Å². The maximum Gasteiger partial charge on any atom is 0.305 e. The van der Waals surface area contributed by atoms with Crippen molar-refractivity contribution in [1.82, 2.24) is 0 Å². The highest BCUT2D eigenvalue weighted by Gasteiger charge is 2.36. The van der Waals surface area contributed by atoms with E-state index < -0.39 is 0 Å². The van der Waals surface area contributed by atoms with E-state index in [1.54, 1.807) is 0 Å². The summed E-state index contributed by atoms with van der Waals surface area (Å²) in [6.07, 6.45) is 13.5. The fourth-order valence-corrected chi connectivity index (χ4v) is 2.66. The van der Waals surface area contributed by atoms with Crippen LogP contribution in [0.4, 0.5) is 0 Å². The van der Waals surface area contributed by atoms with Crippen LogP contribution < -0.4 is 0 Å². The first-order valence-electron chi connectivity index (χ1n) is 8.70. The van der Waals surface area contributed by atoms with Gasteiger partial charge in [0.25, 0.3) is 0 Å². The summed E-state index contributed by atoms with van der Waals surface area (Å²) in [7, 11) is 0. The van der Waals surface area contributed by atoms with E-state index in [1.165, 1.54) is 44.9 Å². The predicted molar refractivity (Wildman–Crippen MR) is 83.2 cm³/mol. The second kappa shape index (κ2) is 12.0. The predicted octanol–water partition coefficient (Wildman–Crippen LogP) is 3.60. The third kappa shape index (κ3) is 9.86. The van der Waals surface area contributed by atoms with E-state index in [0.29, 0.717) is 18.6 Å². The molecule has 124 valence electrons. The number of unbranched alkanes of at least 4 members (excludes halogenated alkanes) is 6. The van der Waals surface area contributed by atoms with Crippen LogP contribution in [-0.4, -0.2) is 36.5 Å². The summed E-state index contributed by atoms with van der Waals surface area (Å²) in [4.78, 5) is 11.2. The molecule has 0 radical (unpaired) electrons. The molecule has 1 aliphatic heterocycles. The number of epoxide rings is 1. The van der Waals surface area contributed by atoms with Crippen molar-refractivity contribution < 1.29 is 19.4 Å². The summed E-state index contributed by atoms with van der Waals surface area (Å²) >= 11 is 0. The Labute approximate surface area is 129 Å². The van der Waals surface area contributed by atoms with Crippen LogP contribution in [0.1, 0.15) is 77.6 Å². The highest BCUT2D eigenvalue weighted by Crippen LogP contribution is 2.31. The molecule has 0 saturated carbocycles. The van der Waals surface area contributed by atoms with Crippen molar-refractivity contribution in [2.45, 2.75) is 89.8 Å². The van der Waals surface area contributed by atoms with Crippen LogP contribution in [-0.2, 0) is 14.3 Å². The first kappa shape index (κ1) is 18.4. The Hall–Kier alpha value is -0.610. The number of esters is 1. The van der Waals surface area contributed by atoms with E-state index >= 15 is 0 Å². The van der Waals surface area contributed by atoms with E-state index in [1.807, 2.05) is 0 Å². The number of carbonyl (C=O) groups excluding carboxylic acids is 1. The van der Waals surface area contributed by atoms with Gasteiger partial charge < -0.3 is 14.6 Å². The molecule has 1 aliphatic rings. The van der Waals surface area contributed by atoms with Gasteiger partial charge in [0.1, 0.15) is 6.61 Å². The smallest absolute Gasteiger partial charge is 0.305 e. The Kier molecular flexibility index (Phi) is 10.5. The molecule has 0 aliphatic carbocycles.